The summed E-state index contributed by atoms with van der Waals surface area (Å²) in [6.45, 7) is 0. The summed E-state index contributed by atoms with van der Waals surface area (Å²) >= 11 is 0. The standard InChI is InChI=1S/C18H24F15O3P/c19-12(20,10-8-6-4-2-1-3-5-7-9-11-13(21,22)23)14(24,25)15(26,27)16(28,29)17(30,31)18(32,33)37(34,35)36/h1-11H2,(H2,34,35,36). The van der Waals surface area contributed by atoms with E-state index in [1.54, 1.807) is 0 Å². The van der Waals surface area contributed by atoms with Gasteiger partial charge in [0.15, 0.2) is 0 Å². The topological polar surface area (TPSA) is 57.5 Å². The molecule has 0 rings (SSSR count). The molecule has 0 saturated heterocycles. The van der Waals surface area contributed by atoms with Crippen molar-refractivity contribution in [1.29, 1.82) is 0 Å². The average molecular weight is 604 g/mol. The number of hydrogen-bond acceptors (Lipinski definition) is 1. The molecule has 19 heteroatoms. The first-order valence-corrected chi connectivity index (χ1v) is 12.2. The van der Waals surface area contributed by atoms with Crippen molar-refractivity contribution in [3.05, 3.63) is 0 Å². The van der Waals surface area contributed by atoms with Gasteiger partial charge in [-0.15, -0.1) is 0 Å². The Bertz CT molecular complexity index is 762. The molecule has 0 amide bonds. The van der Waals surface area contributed by atoms with Gasteiger partial charge in [-0.3, -0.25) is 4.57 Å². The van der Waals surface area contributed by atoms with Crippen molar-refractivity contribution in [2.45, 2.75) is 112 Å². The van der Waals surface area contributed by atoms with Gasteiger partial charge in [0, 0.05) is 12.8 Å². The van der Waals surface area contributed by atoms with Crippen LogP contribution < -0.4 is 0 Å². The highest BCUT2D eigenvalue weighted by Crippen LogP contribution is 2.68. The zero-order valence-electron chi connectivity index (χ0n) is 18.7. The van der Waals surface area contributed by atoms with Gasteiger partial charge >= 0.3 is 49.0 Å². The molecule has 0 fully saturated rings. The molecule has 0 atom stereocenters. The molecular formula is C18H24F15O3P. The first-order chi connectivity index (χ1) is 16.2. The Morgan fingerprint density at radius 2 is 0.730 bits per heavy atom. The number of halogens is 15. The molecule has 0 aromatic carbocycles. The van der Waals surface area contributed by atoms with Gasteiger partial charge in [0.25, 0.3) is 0 Å². The molecule has 0 saturated carbocycles. The van der Waals surface area contributed by atoms with Crippen LogP contribution in [-0.2, 0) is 4.57 Å². The molecule has 0 unspecified atom stereocenters. The Balaban J connectivity index is 5.03. The van der Waals surface area contributed by atoms with Crippen molar-refractivity contribution in [3.8, 4) is 0 Å². The van der Waals surface area contributed by atoms with E-state index in [1.165, 1.54) is 0 Å². The van der Waals surface area contributed by atoms with Crippen LogP contribution >= 0.6 is 7.60 Å². The minimum Gasteiger partial charge on any atom is -0.320 e. The summed E-state index contributed by atoms with van der Waals surface area (Å²) < 4.78 is 208. The highest BCUT2D eigenvalue weighted by molar-refractivity contribution is 7.53. The van der Waals surface area contributed by atoms with Crippen LogP contribution in [0.4, 0.5) is 65.9 Å². The van der Waals surface area contributed by atoms with E-state index < -0.39 is 68.3 Å². The summed E-state index contributed by atoms with van der Waals surface area (Å²) in [6.07, 6.45) is -7.31. The summed E-state index contributed by atoms with van der Waals surface area (Å²) in [7, 11) is -7.67. The molecule has 0 aliphatic carbocycles. The summed E-state index contributed by atoms with van der Waals surface area (Å²) in [4.78, 5) is 16.2. The number of alkyl halides is 15. The van der Waals surface area contributed by atoms with Crippen molar-refractivity contribution in [3.63, 3.8) is 0 Å². The molecule has 0 heterocycles. The second kappa shape index (κ2) is 12.1. The molecule has 0 aliphatic rings. The Hall–Kier alpha value is -0.900. The quantitative estimate of drug-likeness (QED) is 0.0992. The Morgan fingerprint density at radius 1 is 0.432 bits per heavy atom. The van der Waals surface area contributed by atoms with E-state index in [2.05, 4.69) is 0 Å². The lowest BCUT2D eigenvalue weighted by Gasteiger charge is -2.41. The van der Waals surface area contributed by atoms with Crippen LogP contribution in [0.15, 0.2) is 0 Å². The maximum atomic E-state index is 13.7. The first kappa shape index (κ1) is 36.1. The summed E-state index contributed by atoms with van der Waals surface area (Å²) in [6, 6.07) is 0. The number of hydrogen-bond donors (Lipinski definition) is 2. The summed E-state index contributed by atoms with van der Waals surface area (Å²) in [5.41, 5.74) is -7.32. The molecule has 0 aromatic rings. The largest absolute Gasteiger partial charge is 0.413 e. The minimum absolute atomic E-state index is 0.0172. The Labute approximate surface area is 200 Å². The molecule has 0 bridgehead atoms. The molecule has 224 valence electrons. The first-order valence-electron chi connectivity index (χ1n) is 10.6. The van der Waals surface area contributed by atoms with Gasteiger partial charge < -0.3 is 9.79 Å². The van der Waals surface area contributed by atoms with Crippen LogP contribution in [0.3, 0.4) is 0 Å². The van der Waals surface area contributed by atoms with Gasteiger partial charge in [0.1, 0.15) is 0 Å². The van der Waals surface area contributed by atoms with Crippen LogP contribution in [0, 0.1) is 0 Å². The fraction of sp³-hybridized carbons (Fsp3) is 1.00. The third-order valence-corrected chi connectivity index (χ3v) is 6.35. The SMILES string of the molecule is O=P(O)(O)C(F)(F)C(F)(F)C(F)(F)C(F)(F)C(F)(F)C(F)(F)CCCCCCCCCCCC(F)(F)F. The molecule has 0 radical (unpaired) electrons. The monoisotopic (exact) mass is 604 g/mol. The lowest BCUT2D eigenvalue weighted by molar-refractivity contribution is -0.418. The van der Waals surface area contributed by atoms with Crippen LogP contribution in [0.1, 0.15) is 70.6 Å². The lowest BCUT2D eigenvalue weighted by atomic mass is 9.91. The van der Waals surface area contributed by atoms with E-state index in [1.807, 2.05) is 0 Å². The van der Waals surface area contributed by atoms with Crippen molar-refractivity contribution >= 4 is 7.60 Å². The smallest absolute Gasteiger partial charge is 0.320 e. The lowest BCUT2D eigenvalue weighted by Crippen LogP contribution is -2.70. The maximum Gasteiger partial charge on any atom is 0.413 e. The van der Waals surface area contributed by atoms with Crippen LogP contribution in [0.25, 0.3) is 0 Å². The highest BCUT2D eigenvalue weighted by atomic mass is 31.2. The van der Waals surface area contributed by atoms with E-state index in [0.29, 0.717) is 19.3 Å². The van der Waals surface area contributed by atoms with Crippen LogP contribution in [-0.4, -0.2) is 51.2 Å². The Kier molecular flexibility index (Phi) is 11.8. The number of unbranched alkanes of at least 4 members (excludes halogenated alkanes) is 8. The number of rotatable bonds is 17. The summed E-state index contributed by atoms with van der Waals surface area (Å²) in [5, 5.41) is 0. The maximum absolute atomic E-state index is 13.7. The zero-order valence-corrected chi connectivity index (χ0v) is 19.6. The van der Waals surface area contributed by atoms with Gasteiger partial charge in [-0.2, -0.15) is 65.9 Å². The molecular weight excluding hydrogens is 580 g/mol. The highest BCUT2D eigenvalue weighted by Gasteiger charge is 2.92. The molecule has 3 nitrogen and oxygen atoms in total. The fourth-order valence-corrected chi connectivity index (χ4v) is 3.57. The predicted molar refractivity (Wildman–Crippen MR) is 98.6 cm³/mol. The molecule has 0 aliphatic heterocycles. The normalized spacial score (nSPS) is 15.4. The second-order valence-corrected chi connectivity index (χ2v) is 10.0. The van der Waals surface area contributed by atoms with Crippen LogP contribution in [0.5, 0.6) is 0 Å². The average Bonchev–Trinajstić information content (AvgIpc) is 2.69. The van der Waals surface area contributed by atoms with E-state index in [-0.39, 0.29) is 32.1 Å². The summed E-state index contributed by atoms with van der Waals surface area (Å²) in [5.74, 6) is -37.3. The van der Waals surface area contributed by atoms with E-state index >= 15 is 0 Å². The van der Waals surface area contributed by atoms with Gasteiger partial charge in [0.05, 0.1) is 0 Å². The van der Waals surface area contributed by atoms with Crippen molar-refractivity contribution in [1.82, 2.24) is 0 Å². The van der Waals surface area contributed by atoms with Gasteiger partial charge in [-0.1, -0.05) is 44.9 Å². The zero-order chi connectivity index (χ0) is 29.8. The third kappa shape index (κ3) is 8.05. The molecule has 2 N–H and O–H groups in total. The van der Waals surface area contributed by atoms with Gasteiger partial charge in [-0.05, 0) is 12.8 Å². The fourth-order valence-electron chi connectivity index (χ4n) is 3.06. The van der Waals surface area contributed by atoms with Crippen LogP contribution in [0.2, 0.25) is 0 Å². The Morgan fingerprint density at radius 3 is 1.05 bits per heavy atom. The van der Waals surface area contributed by atoms with E-state index in [9.17, 15) is 70.4 Å². The van der Waals surface area contributed by atoms with Crippen molar-refractivity contribution in [2.24, 2.45) is 0 Å². The molecule has 0 spiro atoms. The van der Waals surface area contributed by atoms with E-state index in [0.717, 1.165) is 0 Å². The van der Waals surface area contributed by atoms with Crippen molar-refractivity contribution in [2.75, 3.05) is 0 Å². The van der Waals surface area contributed by atoms with Gasteiger partial charge in [0.2, 0.25) is 0 Å². The van der Waals surface area contributed by atoms with E-state index in [4.69, 9.17) is 9.79 Å². The minimum atomic E-state index is -8.04. The van der Waals surface area contributed by atoms with Crippen molar-refractivity contribution < 1.29 is 80.2 Å². The molecule has 0 aromatic heterocycles. The second-order valence-electron chi connectivity index (χ2n) is 8.38. The molecule has 37 heavy (non-hydrogen) atoms. The predicted octanol–water partition coefficient (Wildman–Crippen LogP) is 8.79. The third-order valence-electron chi connectivity index (χ3n) is 5.34. The van der Waals surface area contributed by atoms with Gasteiger partial charge in [-0.25, -0.2) is 0 Å².